The zero-order valence-corrected chi connectivity index (χ0v) is 69.5. The van der Waals surface area contributed by atoms with Gasteiger partial charge in [0.25, 0.3) is 5.91 Å². The Morgan fingerprint density at radius 1 is 0.448 bits per heavy atom. The van der Waals surface area contributed by atoms with Crippen LogP contribution in [0.15, 0.2) is 36.4 Å². The van der Waals surface area contributed by atoms with Gasteiger partial charge in [-0.1, -0.05) is 377 Å². The first-order valence-corrected chi connectivity index (χ1v) is 44.7. The molecule has 2 aliphatic carbocycles. The number of amides is 2. The van der Waals surface area contributed by atoms with Crippen LogP contribution in [0.2, 0.25) is 0 Å². The van der Waals surface area contributed by atoms with E-state index >= 15 is 4.79 Å². The maximum absolute atomic E-state index is 15.4. The molecule has 10 heteroatoms. The molecule has 1 saturated heterocycles. The lowest BCUT2D eigenvalue weighted by molar-refractivity contribution is -0.124. The fourth-order valence-electron chi connectivity index (χ4n) is 17.5. The average molecular weight is 1450 g/mol. The molecule has 2 heterocycles. The fraction of sp³-hybridized carbons (Fsp3) is 0.779. The Morgan fingerprint density at radius 2 is 0.790 bits per heavy atom. The van der Waals surface area contributed by atoms with Gasteiger partial charge in [-0.25, -0.2) is 4.79 Å². The number of ether oxygens (including phenoxy) is 5. The van der Waals surface area contributed by atoms with E-state index in [-0.39, 0.29) is 59.0 Å². The molecule has 2 aliphatic heterocycles. The second kappa shape index (κ2) is 48.0. The highest BCUT2D eigenvalue weighted by molar-refractivity contribution is 5.99. The van der Waals surface area contributed by atoms with Gasteiger partial charge in [0.15, 0.2) is 11.5 Å². The van der Waals surface area contributed by atoms with Crippen molar-refractivity contribution in [1.82, 2.24) is 10.6 Å². The molecular formula is C95H156N2O8. The largest absolute Gasteiger partial charge is 0.490 e. The van der Waals surface area contributed by atoms with E-state index in [9.17, 15) is 9.59 Å². The van der Waals surface area contributed by atoms with Crippen molar-refractivity contribution < 1.29 is 38.1 Å². The first-order chi connectivity index (χ1) is 50.9. The van der Waals surface area contributed by atoms with Crippen molar-refractivity contribution >= 4 is 17.8 Å². The number of hydrogen-bond acceptors (Lipinski definition) is 8. The zero-order valence-electron chi connectivity index (χ0n) is 69.5. The summed E-state index contributed by atoms with van der Waals surface area (Å²) in [6.45, 7) is 27.0. The van der Waals surface area contributed by atoms with Gasteiger partial charge in [0.05, 0.1) is 25.4 Å². The molecule has 0 unspecified atom stereocenters. The van der Waals surface area contributed by atoms with Gasteiger partial charge < -0.3 is 34.3 Å². The highest BCUT2D eigenvalue weighted by Gasteiger charge is 2.59. The van der Waals surface area contributed by atoms with Crippen LogP contribution in [-0.4, -0.2) is 50.3 Å². The molecule has 594 valence electrons. The molecule has 2 saturated carbocycles. The van der Waals surface area contributed by atoms with Gasteiger partial charge in [0.2, 0.25) is 11.7 Å². The maximum atomic E-state index is 15.4. The third kappa shape index (κ3) is 29.6. The molecule has 0 spiro atoms. The number of benzene rings is 3. The maximum Gasteiger partial charge on any atom is 0.342 e. The van der Waals surface area contributed by atoms with Crippen LogP contribution in [0, 0.1) is 23.7 Å². The molecule has 2 N–H and O–H groups in total. The van der Waals surface area contributed by atoms with Crippen LogP contribution >= 0.6 is 0 Å². The van der Waals surface area contributed by atoms with Gasteiger partial charge in [-0.15, -0.1) is 0 Å². The van der Waals surface area contributed by atoms with Gasteiger partial charge in [-0.05, 0) is 95.7 Å². The number of carbonyl (C=O) groups excluding carboxylic acids is 3. The highest BCUT2D eigenvalue weighted by Crippen LogP contribution is 2.57. The summed E-state index contributed by atoms with van der Waals surface area (Å²) >= 11 is 0. The first-order valence-electron chi connectivity index (χ1n) is 44.7. The van der Waals surface area contributed by atoms with E-state index in [1.165, 1.54) is 270 Å². The second-order valence-corrected chi connectivity index (χ2v) is 35.9. The predicted octanol–water partition coefficient (Wildman–Crippen LogP) is 27.5. The Bertz CT molecular complexity index is 2890. The van der Waals surface area contributed by atoms with Crippen LogP contribution in [0.1, 0.15) is 446 Å². The van der Waals surface area contributed by atoms with E-state index in [0.717, 1.165) is 72.8 Å². The van der Waals surface area contributed by atoms with Gasteiger partial charge in [-0.2, -0.15) is 0 Å². The minimum atomic E-state index is -0.676. The molecule has 3 fully saturated rings. The SMILES string of the molecule is CCCCCCCCCCCCCCCCCCOc1cc(CNC(=O)c2cc(C(C)(C)C)cc3c2Oc2c(C(=O)O[C@@H]4C[C@@H]5C[C@H]4[C@@H]4CNC(=O)[C@H]54)cc(C(C)(C)C)cc2C3(C)C)cc(OCCCCCCCCCCCCCCCCCC)c1OCCCCCCCCCCCCCCCCCC. The third-order valence-corrected chi connectivity index (χ3v) is 24.4. The average Bonchev–Trinajstić information content (AvgIpc) is 1.72. The fourth-order valence-corrected chi connectivity index (χ4v) is 17.5. The third-order valence-electron chi connectivity index (χ3n) is 24.4. The van der Waals surface area contributed by atoms with Crippen molar-refractivity contribution in [2.75, 3.05) is 26.4 Å². The number of nitrogens with one attached hydrogen (secondary N) is 2. The first kappa shape index (κ1) is 87.5. The molecule has 0 aromatic heterocycles. The lowest BCUT2D eigenvalue weighted by Gasteiger charge is -2.39. The molecule has 3 aromatic rings. The molecular weight excluding hydrogens is 1300 g/mol. The van der Waals surface area contributed by atoms with Crippen molar-refractivity contribution in [3.8, 4) is 28.7 Å². The van der Waals surface area contributed by atoms with Gasteiger partial charge in [0.1, 0.15) is 23.2 Å². The monoisotopic (exact) mass is 1450 g/mol. The van der Waals surface area contributed by atoms with Gasteiger partial charge in [0, 0.05) is 41.5 Å². The molecule has 3 aromatic carbocycles. The molecule has 10 nitrogen and oxygen atoms in total. The van der Waals surface area contributed by atoms with Gasteiger partial charge >= 0.3 is 5.97 Å². The van der Waals surface area contributed by atoms with Crippen LogP contribution in [0.4, 0.5) is 0 Å². The number of fused-ring (bicyclic) bond motifs is 7. The second-order valence-electron chi connectivity index (χ2n) is 35.9. The minimum Gasteiger partial charge on any atom is -0.490 e. The van der Waals surface area contributed by atoms with E-state index in [4.69, 9.17) is 23.7 Å². The predicted molar refractivity (Wildman–Crippen MR) is 441 cm³/mol. The Morgan fingerprint density at radius 3 is 1.16 bits per heavy atom. The number of esters is 1. The van der Waals surface area contributed by atoms with Crippen LogP contribution < -0.4 is 29.6 Å². The summed E-state index contributed by atoms with van der Waals surface area (Å²) in [4.78, 5) is 43.2. The summed E-state index contributed by atoms with van der Waals surface area (Å²) in [7, 11) is 0. The number of rotatable bonds is 59. The van der Waals surface area contributed by atoms with Crippen molar-refractivity contribution in [2.24, 2.45) is 23.7 Å². The molecule has 2 bridgehead atoms. The Kier molecular flexibility index (Phi) is 40.0. The van der Waals surface area contributed by atoms with Crippen molar-refractivity contribution in [2.45, 2.75) is 426 Å². The van der Waals surface area contributed by atoms with E-state index in [1.807, 2.05) is 12.1 Å². The minimum absolute atomic E-state index is 0.0180. The van der Waals surface area contributed by atoms with E-state index in [0.29, 0.717) is 72.7 Å². The van der Waals surface area contributed by atoms with Crippen molar-refractivity contribution in [1.29, 1.82) is 0 Å². The lowest BCUT2D eigenvalue weighted by atomic mass is 9.70. The summed E-state index contributed by atoms with van der Waals surface area (Å²) in [5, 5.41) is 6.47. The van der Waals surface area contributed by atoms with E-state index < -0.39 is 11.4 Å². The summed E-state index contributed by atoms with van der Waals surface area (Å²) in [5.74, 6) is 2.98. The topological polar surface area (TPSA) is 121 Å². The molecule has 5 atom stereocenters. The molecule has 4 aliphatic rings. The van der Waals surface area contributed by atoms with E-state index in [1.54, 1.807) is 0 Å². The van der Waals surface area contributed by atoms with Gasteiger partial charge in [-0.3, -0.25) is 9.59 Å². The normalized spacial score (nSPS) is 17.9. The standard InChI is InChI=1S/C95H156N2O8/c1-12-15-18-21-24-27-30-33-36-39-42-45-48-51-54-57-60-101-84-63-73(64-85(102-61-58-55-52-49-46-43-40-37-34-31-28-25-22-19-16-13-2)89(84)103-62-59-56-53-50-47-44-41-38-35-32-29-26-23-20-17-14-3)71-96-90(98)78-67-75(93(4,5)6)69-81-87(78)105-88-79(68-76(94(7,8)9)70-82(88)95(81,10)11)92(100)104-83-66-74-65-77(83)80-72-97-91(99)86(74)80/h63-64,67-70,74,77,80,83,86H,12-62,65-66,71-72H2,1-11H3,(H,96,98)(H,97,99)/t74-,77-,80-,83+,86+/m0/s1. The van der Waals surface area contributed by atoms with Crippen LogP contribution in [-0.2, 0) is 32.3 Å². The smallest absolute Gasteiger partial charge is 0.342 e. The summed E-state index contributed by atoms with van der Waals surface area (Å²) in [6, 6.07) is 12.5. The quantitative estimate of drug-likeness (QED) is 0.0423. The highest BCUT2D eigenvalue weighted by atomic mass is 16.6. The summed E-state index contributed by atoms with van der Waals surface area (Å²) in [6.07, 6.45) is 64.6. The molecule has 105 heavy (non-hydrogen) atoms. The van der Waals surface area contributed by atoms with Crippen molar-refractivity contribution in [3.05, 3.63) is 75.3 Å². The van der Waals surface area contributed by atoms with Crippen LogP contribution in [0.5, 0.6) is 28.7 Å². The van der Waals surface area contributed by atoms with E-state index in [2.05, 4.69) is 111 Å². The Balaban J connectivity index is 1.05. The van der Waals surface area contributed by atoms with Crippen LogP contribution in [0.3, 0.4) is 0 Å². The summed E-state index contributed by atoms with van der Waals surface area (Å²) < 4.78 is 34.4. The Labute approximate surface area is 643 Å². The molecule has 7 rings (SSSR count). The van der Waals surface area contributed by atoms with Crippen molar-refractivity contribution in [3.63, 3.8) is 0 Å². The number of unbranched alkanes of at least 4 members (excludes halogenated alkanes) is 45. The Hall–Kier alpha value is -4.73. The van der Waals surface area contributed by atoms with Crippen LogP contribution in [0.25, 0.3) is 0 Å². The number of carbonyl (C=O) groups is 3. The lowest BCUT2D eigenvalue weighted by Crippen LogP contribution is -2.35. The number of hydrogen-bond donors (Lipinski definition) is 2. The summed E-state index contributed by atoms with van der Waals surface area (Å²) in [5.41, 5.74) is 4.22. The molecule has 0 radical (unpaired) electrons. The molecule has 2 amide bonds. The zero-order chi connectivity index (χ0) is 75.1.